The van der Waals surface area contributed by atoms with Crippen LogP contribution in [0.5, 0.6) is 11.5 Å². The van der Waals surface area contributed by atoms with E-state index in [9.17, 15) is 9.90 Å². The van der Waals surface area contributed by atoms with Gasteiger partial charge in [0.25, 0.3) is 0 Å². The zero-order chi connectivity index (χ0) is 29.8. The molecule has 1 saturated heterocycles. The molecule has 2 N–H and O–H groups in total. The molecule has 8 heteroatoms. The molecule has 2 bridgehead atoms. The fourth-order valence-electron chi connectivity index (χ4n) is 8.11. The van der Waals surface area contributed by atoms with Crippen LogP contribution in [0, 0.1) is 5.92 Å². The summed E-state index contributed by atoms with van der Waals surface area (Å²) >= 11 is 0. The molecule has 1 saturated carbocycles. The second-order valence-corrected chi connectivity index (χ2v) is 13.2. The number of aromatic hydroxyl groups is 1. The monoisotopic (exact) mass is 653 g/mol. The number of carbonyl (C=O) groups is 1. The lowest BCUT2D eigenvalue weighted by Crippen LogP contribution is -2.61. The van der Waals surface area contributed by atoms with Gasteiger partial charge in [0.15, 0.2) is 0 Å². The molecule has 2 heterocycles. The van der Waals surface area contributed by atoms with Crippen molar-refractivity contribution in [2.24, 2.45) is 5.92 Å². The van der Waals surface area contributed by atoms with Crippen molar-refractivity contribution in [1.29, 1.82) is 0 Å². The molecule has 244 valence electrons. The number of halogens is 2. The SMILES string of the molecule is COc1ccc2c(c1)CCN(CCC(=O)N[C@H]1C[C@H]3C[C@@](c4cccc(O)c4)(C1)[C@H](C)CN3CCCc1ccccc1)C2.Cl.Cl. The Kier molecular flexibility index (Phi) is 12.2. The van der Waals surface area contributed by atoms with Gasteiger partial charge in [-0.15, -0.1) is 24.8 Å². The average Bonchev–Trinajstić information content (AvgIpc) is 3.02. The van der Waals surface area contributed by atoms with Crippen LogP contribution >= 0.6 is 24.8 Å². The summed E-state index contributed by atoms with van der Waals surface area (Å²) in [5.74, 6) is 1.82. The Bertz CT molecular complexity index is 1410. The van der Waals surface area contributed by atoms with E-state index >= 15 is 0 Å². The van der Waals surface area contributed by atoms with Crippen LogP contribution in [0.25, 0.3) is 0 Å². The summed E-state index contributed by atoms with van der Waals surface area (Å²) in [5, 5.41) is 13.9. The number of phenols is 1. The molecule has 0 radical (unpaired) electrons. The number of nitrogens with one attached hydrogen (secondary N) is 1. The number of piperidine rings is 1. The lowest BCUT2D eigenvalue weighted by atomic mass is 9.57. The van der Waals surface area contributed by atoms with Gasteiger partial charge in [0.05, 0.1) is 7.11 Å². The number of ether oxygens (including phenoxy) is 1. The molecule has 6 nitrogen and oxygen atoms in total. The number of phenolic OH excluding ortho intramolecular Hbond substituents is 1. The maximum absolute atomic E-state index is 13.4. The van der Waals surface area contributed by atoms with E-state index in [1.807, 2.05) is 18.2 Å². The number of amides is 1. The van der Waals surface area contributed by atoms with Crippen LogP contribution in [0.3, 0.4) is 0 Å². The van der Waals surface area contributed by atoms with Crippen molar-refractivity contribution in [2.45, 2.75) is 75.9 Å². The van der Waals surface area contributed by atoms with Crippen LogP contribution in [-0.4, -0.2) is 66.2 Å². The first-order valence-corrected chi connectivity index (χ1v) is 16.2. The Morgan fingerprint density at radius 2 is 1.82 bits per heavy atom. The third kappa shape index (κ3) is 8.15. The van der Waals surface area contributed by atoms with E-state index < -0.39 is 0 Å². The van der Waals surface area contributed by atoms with Gasteiger partial charge in [-0.2, -0.15) is 0 Å². The minimum absolute atomic E-state index is 0. The van der Waals surface area contributed by atoms with Crippen molar-refractivity contribution in [3.63, 3.8) is 0 Å². The predicted octanol–water partition coefficient (Wildman–Crippen LogP) is 6.55. The Morgan fingerprint density at radius 3 is 2.60 bits per heavy atom. The maximum Gasteiger partial charge on any atom is 0.221 e. The van der Waals surface area contributed by atoms with Crippen LogP contribution in [0.15, 0.2) is 72.8 Å². The molecule has 0 spiro atoms. The van der Waals surface area contributed by atoms with Crippen molar-refractivity contribution in [2.75, 3.05) is 33.3 Å². The number of nitrogens with zero attached hydrogens (tertiary/aromatic N) is 2. The Hall–Kier alpha value is -2.77. The van der Waals surface area contributed by atoms with Crippen molar-refractivity contribution < 1.29 is 14.6 Å². The Balaban J connectivity index is 0.00000230. The minimum atomic E-state index is -0.0484. The molecule has 1 amide bonds. The molecule has 0 aromatic heterocycles. The molecule has 2 fully saturated rings. The Morgan fingerprint density at radius 1 is 1.00 bits per heavy atom. The average molecular weight is 655 g/mol. The Labute approximate surface area is 281 Å². The van der Waals surface area contributed by atoms with Crippen LogP contribution < -0.4 is 10.1 Å². The van der Waals surface area contributed by atoms with E-state index in [-0.39, 0.29) is 42.2 Å². The standard InChI is InChI=1S/C37H47N3O3.2ClH/c1-27-25-40(17-7-10-28-8-4-3-5-9-28)33-22-32(23-37(27,24-33)31-11-6-12-34(41)21-31)38-36(42)16-19-39-18-15-29-20-35(43-2)14-13-30(29)26-39;;/h3-6,8-9,11-14,20-21,27,32-33,41H,7,10,15-19,22-26H2,1-2H3,(H,38,42);2*1H/t27-,32+,33+,37+;;/m1../s1. The summed E-state index contributed by atoms with van der Waals surface area (Å²) in [6, 6.07) is 25.5. The molecule has 3 aromatic carbocycles. The topological polar surface area (TPSA) is 65.0 Å². The minimum Gasteiger partial charge on any atom is -0.508 e. The lowest BCUT2D eigenvalue weighted by molar-refractivity contribution is -0.123. The summed E-state index contributed by atoms with van der Waals surface area (Å²) in [6.45, 7) is 7.12. The molecule has 3 aromatic rings. The quantitative estimate of drug-likeness (QED) is 0.260. The van der Waals surface area contributed by atoms with Crippen LogP contribution in [0.2, 0.25) is 0 Å². The van der Waals surface area contributed by atoms with Gasteiger partial charge in [0.1, 0.15) is 11.5 Å². The fourth-order valence-corrected chi connectivity index (χ4v) is 8.11. The zero-order valence-corrected chi connectivity index (χ0v) is 28.3. The van der Waals surface area contributed by atoms with E-state index in [0.717, 1.165) is 77.0 Å². The molecule has 6 rings (SSSR count). The number of rotatable bonds is 10. The van der Waals surface area contributed by atoms with Crippen LogP contribution in [0.1, 0.15) is 61.3 Å². The van der Waals surface area contributed by atoms with Gasteiger partial charge in [0, 0.05) is 50.1 Å². The highest BCUT2D eigenvalue weighted by molar-refractivity contribution is 5.85. The van der Waals surface area contributed by atoms with Crippen molar-refractivity contribution in [1.82, 2.24) is 15.1 Å². The molecule has 45 heavy (non-hydrogen) atoms. The van der Waals surface area contributed by atoms with Crippen molar-refractivity contribution in [3.05, 3.63) is 95.1 Å². The third-order valence-corrected chi connectivity index (χ3v) is 10.4. The van der Waals surface area contributed by atoms with Gasteiger partial charge in [-0.25, -0.2) is 0 Å². The number of aryl methyl sites for hydroxylation is 1. The van der Waals surface area contributed by atoms with E-state index in [4.69, 9.17) is 4.74 Å². The largest absolute Gasteiger partial charge is 0.508 e. The smallest absolute Gasteiger partial charge is 0.221 e. The second kappa shape index (κ2) is 15.7. The first-order chi connectivity index (χ1) is 20.9. The summed E-state index contributed by atoms with van der Waals surface area (Å²) in [6.07, 6.45) is 6.72. The van der Waals surface area contributed by atoms with E-state index in [1.54, 1.807) is 13.2 Å². The maximum atomic E-state index is 13.4. The molecular weight excluding hydrogens is 605 g/mol. The van der Waals surface area contributed by atoms with Gasteiger partial charge in [-0.3, -0.25) is 14.6 Å². The highest BCUT2D eigenvalue weighted by Gasteiger charge is 2.51. The van der Waals surface area contributed by atoms with Gasteiger partial charge < -0.3 is 15.2 Å². The molecule has 3 aliphatic rings. The molecule has 1 aliphatic carbocycles. The lowest BCUT2D eigenvalue weighted by Gasteiger charge is -2.56. The van der Waals surface area contributed by atoms with E-state index in [1.165, 1.54) is 22.3 Å². The van der Waals surface area contributed by atoms with Gasteiger partial charge in [-0.05, 0) is 97.5 Å². The number of methoxy groups -OCH3 is 1. The van der Waals surface area contributed by atoms with Gasteiger partial charge >= 0.3 is 0 Å². The number of hydrogen-bond acceptors (Lipinski definition) is 5. The summed E-state index contributed by atoms with van der Waals surface area (Å²) in [5.41, 5.74) is 5.26. The summed E-state index contributed by atoms with van der Waals surface area (Å²) in [4.78, 5) is 18.5. The molecule has 4 atom stereocenters. The first kappa shape index (κ1) is 35.1. The molecule has 2 aliphatic heterocycles. The summed E-state index contributed by atoms with van der Waals surface area (Å²) < 4.78 is 5.40. The number of fused-ring (bicyclic) bond motifs is 3. The molecular formula is C37H49Cl2N3O3. The third-order valence-electron chi connectivity index (χ3n) is 10.4. The number of carbonyl (C=O) groups excluding carboxylic acids is 1. The van der Waals surface area contributed by atoms with Gasteiger partial charge in [0.2, 0.25) is 5.91 Å². The van der Waals surface area contributed by atoms with Crippen LogP contribution in [-0.2, 0) is 29.6 Å². The second-order valence-electron chi connectivity index (χ2n) is 13.2. The van der Waals surface area contributed by atoms with E-state index in [0.29, 0.717) is 24.1 Å². The number of hydrogen-bond donors (Lipinski definition) is 2. The first-order valence-electron chi connectivity index (χ1n) is 16.2. The molecule has 0 unspecified atom stereocenters. The van der Waals surface area contributed by atoms with Gasteiger partial charge in [-0.1, -0.05) is 55.5 Å². The van der Waals surface area contributed by atoms with Crippen molar-refractivity contribution in [3.8, 4) is 11.5 Å². The number of likely N-dealkylation sites (tertiary alicyclic amines) is 1. The fraction of sp³-hybridized carbons (Fsp3) is 0.486. The van der Waals surface area contributed by atoms with Crippen molar-refractivity contribution >= 4 is 30.7 Å². The normalized spacial score (nSPS) is 24.4. The predicted molar refractivity (Wildman–Crippen MR) is 186 cm³/mol. The highest BCUT2D eigenvalue weighted by atomic mass is 35.5. The highest BCUT2D eigenvalue weighted by Crippen LogP contribution is 2.50. The zero-order valence-electron chi connectivity index (χ0n) is 26.6. The van der Waals surface area contributed by atoms with E-state index in [2.05, 4.69) is 70.6 Å². The number of benzene rings is 3. The van der Waals surface area contributed by atoms with Crippen LogP contribution in [0.4, 0.5) is 0 Å². The summed E-state index contributed by atoms with van der Waals surface area (Å²) in [7, 11) is 1.71.